The summed E-state index contributed by atoms with van der Waals surface area (Å²) in [5, 5.41) is 2.79. The van der Waals surface area contributed by atoms with Gasteiger partial charge in [-0.05, 0) is 19.1 Å². The Labute approximate surface area is 112 Å². The molecule has 2 aromatic rings. The number of alkyl halides is 3. The van der Waals surface area contributed by atoms with Gasteiger partial charge in [-0.25, -0.2) is 10.8 Å². The lowest BCUT2D eigenvalue weighted by Gasteiger charge is -2.14. The Morgan fingerprint density at radius 2 is 2.10 bits per heavy atom. The summed E-state index contributed by atoms with van der Waals surface area (Å²) in [5.41, 5.74) is 0.914. The number of furan rings is 1. The van der Waals surface area contributed by atoms with Gasteiger partial charge in [0.15, 0.2) is 5.69 Å². The van der Waals surface area contributed by atoms with E-state index in [0.717, 1.165) is 6.07 Å². The van der Waals surface area contributed by atoms with Crippen LogP contribution in [0.3, 0.4) is 0 Å². The van der Waals surface area contributed by atoms with Crippen LogP contribution in [-0.4, -0.2) is 9.97 Å². The van der Waals surface area contributed by atoms with E-state index < -0.39 is 11.9 Å². The smallest absolute Gasteiger partial charge is 0.433 e. The van der Waals surface area contributed by atoms with Crippen molar-refractivity contribution in [2.45, 2.75) is 19.1 Å². The Morgan fingerprint density at radius 3 is 2.65 bits per heavy atom. The van der Waals surface area contributed by atoms with E-state index in [-0.39, 0.29) is 17.8 Å². The molecule has 4 N–H and O–H groups in total. The van der Waals surface area contributed by atoms with Crippen LogP contribution in [0.1, 0.15) is 24.4 Å². The van der Waals surface area contributed by atoms with Crippen molar-refractivity contribution in [3.63, 3.8) is 0 Å². The van der Waals surface area contributed by atoms with Crippen molar-refractivity contribution in [1.29, 1.82) is 0 Å². The third-order valence-electron chi connectivity index (χ3n) is 2.48. The number of aromatic nitrogens is 2. The van der Waals surface area contributed by atoms with Crippen LogP contribution in [-0.2, 0) is 6.18 Å². The molecule has 0 spiro atoms. The van der Waals surface area contributed by atoms with Crippen molar-refractivity contribution >= 4 is 11.8 Å². The van der Waals surface area contributed by atoms with Gasteiger partial charge in [0.1, 0.15) is 11.6 Å². The zero-order valence-corrected chi connectivity index (χ0v) is 10.4. The van der Waals surface area contributed by atoms with Gasteiger partial charge < -0.3 is 9.73 Å². The maximum absolute atomic E-state index is 12.7. The fourth-order valence-electron chi connectivity index (χ4n) is 1.56. The summed E-state index contributed by atoms with van der Waals surface area (Å²) in [6.07, 6.45) is -3.11. The Balaban J connectivity index is 2.27. The number of nitrogen functional groups attached to an aromatic ring is 1. The predicted octanol–water partition coefficient (Wildman–Crippen LogP) is 2.55. The van der Waals surface area contributed by atoms with Gasteiger partial charge in [-0.3, -0.25) is 5.43 Å². The van der Waals surface area contributed by atoms with Crippen LogP contribution in [0.15, 0.2) is 28.9 Å². The van der Waals surface area contributed by atoms with Crippen LogP contribution in [0.25, 0.3) is 0 Å². The number of hydrogen-bond acceptors (Lipinski definition) is 6. The molecule has 0 radical (unpaired) electrons. The number of halogens is 3. The molecule has 0 amide bonds. The molecule has 0 fully saturated rings. The minimum atomic E-state index is -4.58. The van der Waals surface area contributed by atoms with Crippen LogP contribution < -0.4 is 16.6 Å². The highest BCUT2D eigenvalue weighted by atomic mass is 19.4. The number of hydrazine groups is 1. The van der Waals surface area contributed by atoms with Crippen LogP contribution in [0.2, 0.25) is 0 Å². The van der Waals surface area contributed by atoms with Gasteiger partial charge >= 0.3 is 6.18 Å². The molecule has 2 heterocycles. The Bertz CT molecular complexity index is 570. The van der Waals surface area contributed by atoms with Crippen molar-refractivity contribution in [3.05, 3.63) is 35.9 Å². The second-order valence-corrected chi connectivity index (χ2v) is 3.99. The van der Waals surface area contributed by atoms with Crippen molar-refractivity contribution in [2.24, 2.45) is 5.84 Å². The highest BCUT2D eigenvalue weighted by molar-refractivity contribution is 5.43. The third-order valence-corrected chi connectivity index (χ3v) is 2.48. The van der Waals surface area contributed by atoms with E-state index in [9.17, 15) is 13.2 Å². The molecule has 9 heteroatoms. The monoisotopic (exact) mass is 287 g/mol. The van der Waals surface area contributed by atoms with Crippen molar-refractivity contribution < 1.29 is 17.6 Å². The summed E-state index contributed by atoms with van der Waals surface area (Å²) in [7, 11) is 0. The maximum Gasteiger partial charge on any atom is 0.433 e. The fourth-order valence-corrected chi connectivity index (χ4v) is 1.56. The molecule has 0 bridgehead atoms. The van der Waals surface area contributed by atoms with Crippen LogP contribution >= 0.6 is 0 Å². The van der Waals surface area contributed by atoms with E-state index >= 15 is 0 Å². The Morgan fingerprint density at radius 1 is 1.35 bits per heavy atom. The molecule has 0 saturated heterocycles. The summed E-state index contributed by atoms with van der Waals surface area (Å²) in [4.78, 5) is 7.07. The molecule has 0 aliphatic rings. The fraction of sp³-hybridized carbons (Fsp3) is 0.273. The van der Waals surface area contributed by atoms with Crippen molar-refractivity contribution in [2.75, 3.05) is 10.7 Å². The summed E-state index contributed by atoms with van der Waals surface area (Å²) in [5.74, 6) is 5.30. The molecule has 0 aromatic carbocycles. The van der Waals surface area contributed by atoms with Gasteiger partial charge in [0.25, 0.3) is 0 Å². The topological polar surface area (TPSA) is 89.0 Å². The number of nitrogens with one attached hydrogen (secondary N) is 2. The van der Waals surface area contributed by atoms with E-state index in [1.807, 2.05) is 5.43 Å². The SMILES string of the molecule is CC(Nc1cc(C(F)(F)F)nc(NN)n1)c1ccco1. The lowest BCUT2D eigenvalue weighted by atomic mass is 10.2. The molecule has 2 rings (SSSR count). The lowest BCUT2D eigenvalue weighted by molar-refractivity contribution is -0.141. The summed E-state index contributed by atoms with van der Waals surface area (Å²) < 4.78 is 43.2. The van der Waals surface area contributed by atoms with E-state index in [1.54, 1.807) is 19.1 Å². The average Bonchev–Trinajstić information content (AvgIpc) is 2.91. The highest BCUT2D eigenvalue weighted by Crippen LogP contribution is 2.30. The lowest BCUT2D eigenvalue weighted by Crippen LogP contribution is -2.17. The average molecular weight is 287 g/mol. The molecule has 0 saturated carbocycles. The molecule has 2 aromatic heterocycles. The standard InChI is InChI=1S/C11H12F3N5O/c1-6(7-3-2-4-20-7)16-9-5-8(11(12,13)14)17-10(18-9)19-15/h2-6H,15H2,1H3,(H2,16,17,18,19). The molecule has 0 aliphatic heterocycles. The summed E-state index contributed by atoms with van der Waals surface area (Å²) in [6, 6.07) is 3.83. The number of hydrogen-bond donors (Lipinski definition) is 3. The molecule has 20 heavy (non-hydrogen) atoms. The second kappa shape index (κ2) is 5.37. The van der Waals surface area contributed by atoms with E-state index in [2.05, 4.69) is 15.3 Å². The quantitative estimate of drug-likeness (QED) is 0.591. The van der Waals surface area contributed by atoms with E-state index in [0.29, 0.717) is 5.76 Å². The Kier molecular flexibility index (Phi) is 3.79. The molecular formula is C11H12F3N5O. The minimum absolute atomic E-state index is 0.0100. The first-order chi connectivity index (χ1) is 9.40. The van der Waals surface area contributed by atoms with Gasteiger partial charge in [0, 0.05) is 6.07 Å². The zero-order chi connectivity index (χ0) is 14.8. The molecule has 1 atom stereocenters. The predicted molar refractivity (Wildman–Crippen MR) is 65.6 cm³/mol. The largest absolute Gasteiger partial charge is 0.467 e. The summed E-state index contributed by atoms with van der Waals surface area (Å²) in [6.45, 7) is 1.73. The number of nitrogens with zero attached hydrogens (tertiary/aromatic N) is 2. The molecule has 0 aliphatic carbocycles. The number of anilines is 2. The van der Waals surface area contributed by atoms with Gasteiger partial charge in [0.2, 0.25) is 5.95 Å². The van der Waals surface area contributed by atoms with E-state index in [4.69, 9.17) is 10.3 Å². The second-order valence-electron chi connectivity index (χ2n) is 3.99. The van der Waals surface area contributed by atoms with Gasteiger partial charge in [0.05, 0.1) is 12.3 Å². The van der Waals surface area contributed by atoms with Gasteiger partial charge in [-0.1, -0.05) is 0 Å². The highest BCUT2D eigenvalue weighted by Gasteiger charge is 2.33. The normalized spacial score (nSPS) is 13.1. The minimum Gasteiger partial charge on any atom is -0.467 e. The maximum atomic E-state index is 12.7. The van der Waals surface area contributed by atoms with Gasteiger partial charge in [-0.2, -0.15) is 18.2 Å². The number of rotatable bonds is 4. The van der Waals surface area contributed by atoms with Crippen LogP contribution in [0, 0.1) is 0 Å². The molecule has 6 nitrogen and oxygen atoms in total. The zero-order valence-electron chi connectivity index (χ0n) is 10.4. The van der Waals surface area contributed by atoms with Gasteiger partial charge in [-0.15, -0.1) is 0 Å². The van der Waals surface area contributed by atoms with Crippen molar-refractivity contribution in [1.82, 2.24) is 9.97 Å². The molecular weight excluding hydrogens is 275 g/mol. The van der Waals surface area contributed by atoms with Crippen LogP contribution in [0.5, 0.6) is 0 Å². The number of nitrogens with two attached hydrogens (primary N) is 1. The summed E-state index contributed by atoms with van der Waals surface area (Å²) >= 11 is 0. The first-order valence-corrected chi connectivity index (χ1v) is 5.63. The van der Waals surface area contributed by atoms with Crippen LogP contribution in [0.4, 0.5) is 24.9 Å². The first kappa shape index (κ1) is 14.1. The first-order valence-electron chi connectivity index (χ1n) is 5.63. The van der Waals surface area contributed by atoms with Crippen molar-refractivity contribution in [3.8, 4) is 0 Å². The Hall–Kier alpha value is -2.29. The molecule has 1 unspecified atom stereocenters. The third kappa shape index (κ3) is 3.18. The van der Waals surface area contributed by atoms with E-state index in [1.165, 1.54) is 6.26 Å². The molecule has 108 valence electrons.